The third-order valence-electron chi connectivity index (χ3n) is 3.49. The number of alkyl halides is 1. The van der Waals surface area contributed by atoms with Crippen LogP contribution in [-0.4, -0.2) is 5.38 Å². The van der Waals surface area contributed by atoms with Gasteiger partial charge in [0.05, 0.1) is 0 Å². The van der Waals surface area contributed by atoms with Gasteiger partial charge in [-0.1, -0.05) is 45.9 Å². The number of hydrogen-bond acceptors (Lipinski definition) is 0. The van der Waals surface area contributed by atoms with Gasteiger partial charge >= 0.3 is 0 Å². The average Bonchev–Trinajstić information content (AvgIpc) is 2.20. The second-order valence-corrected chi connectivity index (χ2v) is 6.51. The minimum absolute atomic E-state index is 0.00104. The Morgan fingerprint density at radius 2 is 1.82 bits per heavy atom. The van der Waals surface area contributed by atoms with Gasteiger partial charge in [-0.15, -0.1) is 11.6 Å². The monoisotopic (exact) mass is 256 g/mol. The molecule has 0 spiro atoms. The molecule has 96 valence electrons. The predicted molar refractivity (Wildman–Crippen MR) is 73.0 cm³/mol. The lowest BCUT2D eigenvalue weighted by molar-refractivity contribution is 0.244. The number of benzene rings is 1. The van der Waals surface area contributed by atoms with Crippen molar-refractivity contribution < 1.29 is 4.39 Å². The van der Waals surface area contributed by atoms with E-state index in [0.717, 1.165) is 6.42 Å². The van der Waals surface area contributed by atoms with Gasteiger partial charge < -0.3 is 0 Å². The van der Waals surface area contributed by atoms with Crippen molar-refractivity contribution >= 4 is 11.6 Å². The third kappa shape index (κ3) is 4.67. The zero-order chi connectivity index (χ0) is 13.1. The quantitative estimate of drug-likeness (QED) is 0.662. The van der Waals surface area contributed by atoms with E-state index in [2.05, 4.69) is 27.7 Å². The zero-order valence-electron chi connectivity index (χ0n) is 11.1. The van der Waals surface area contributed by atoms with Crippen molar-refractivity contribution in [3.8, 4) is 0 Å². The third-order valence-corrected chi connectivity index (χ3v) is 3.82. The van der Waals surface area contributed by atoms with Crippen molar-refractivity contribution in [2.45, 2.75) is 45.9 Å². The van der Waals surface area contributed by atoms with Crippen molar-refractivity contribution in [2.24, 2.45) is 11.3 Å². The van der Waals surface area contributed by atoms with Gasteiger partial charge in [-0.05, 0) is 35.8 Å². The lowest BCUT2D eigenvalue weighted by atomic mass is 9.79. The van der Waals surface area contributed by atoms with Crippen LogP contribution in [0.15, 0.2) is 24.3 Å². The Kier molecular flexibility index (Phi) is 5.00. The molecule has 0 heterocycles. The van der Waals surface area contributed by atoms with E-state index in [9.17, 15) is 4.39 Å². The maximum atomic E-state index is 13.5. The molecule has 0 aliphatic heterocycles. The molecule has 0 amide bonds. The molecule has 1 aromatic carbocycles. The molecular weight excluding hydrogens is 235 g/mol. The van der Waals surface area contributed by atoms with Gasteiger partial charge in [0, 0.05) is 5.38 Å². The highest BCUT2D eigenvalue weighted by molar-refractivity contribution is 6.20. The van der Waals surface area contributed by atoms with Crippen LogP contribution in [0.4, 0.5) is 4.39 Å². The highest BCUT2D eigenvalue weighted by atomic mass is 35.5. The lowest BCUT2D eigenvalue weighted by Crippen LogP contribution is -2.21. The number of hydrogen-bond donors (Lipinski definition) is 0. The molecule has 0 aliphatic carbocycles. The van der Waals surface area contributed by atoms with E-state index in [1.807, 2.05) is 12.1 Å². The molecule has 17 heavy (non-hydrogen) atoms. The molecule has 0 aromatic heterocycles. The van der Waals surface area contributed by atoms with Crippen LogP contribution < -0.4 is 0 Å². The minimum Gasteiger partial charge on any atom is -0.207 e. The van der Waals surface area contributed by atoms with Gasteiger partial charge in [-0.2, -0.15) is 0 Å². The summed E-state index contributed by atoms with van der Waals surface area (Å²) >= 11 is 6.32. The van der Waals surface area contributed by atoms with Crippen molar-refractivity contribution in [3.05, 3.63) is 35.6 Å². The fourth-order valence-electron chi connectivity index (χ4n) is 1.72. The van der Waals surface area contributed by atoms with Crippen LogP contribution in [0.5, 0.6) is 0 Å². The second kappa shape index (κ2) is 5.86. The molecule has 1 aromatic rings. The summed E-state index contributed by atoms with van der Waals surface area (Å²) in [5.41, 5.74) is 0.969. The van der Waals surface area contributed by atoms with Crippen molar-refractivity contribution in [3.63, 3.8) is 0 Å². The van der Waals surface area contributed by atoms with E-state index in [1.165, 1.54) is 6.07 Å². The summed E-state index contributed by atoms with van der Waals surface area (Å²) in [6.45, 7) is 8.84. The first-order valence-corrected chi connectivity index (χ1v) is 6.62. The highest BCUT2D eigenvalue weighted by Crippen LogP contribution is 2.31. The Bertz CT molecular complexity index is 354. The van der Waals surface area contributed by atoms with Gasteiger partial charge in [0.15, 0.2) is 0 Å². The van der Waals surface area contributed by atoms with E-state index in [0.29, 0.717) is 17.9 Å². The molecule has 0 radical (unpaired) electrons. The minimum atomic E-state index is -0.151. The standard InChI is InChI=1S/C15H22ClF/c1-11(15(2,3)4)9-13(16)10-12-7-5-6-8-14(12)17/h5-8,11,13H,9-10H2,1-4H3. The van der Waals surface area contributed by atoms with Gasteiger partial charge in [0.2, 0.25) is 0 Å². The van der Waals surface area contributed by atoms with Gasteiger partial charge in [-0.25, -0.2) is 4.39 Å². The summed E-state index contributed by atoms with van der Waals surface area (Å²) in [6, 6.07) is 6.87. The fraction of sp³-hybridized carbons (Fsp3) is 0.600. The normalized spacial score (nSPS) is 15.6. The highest BCUT2D eigenvalue weighted by Gasteiger charge is 2.23. The molecule has 0 N–H and O–H groups in total. The summed E-state index contributed by atoms with van der Waals surface area (Å²) in [6.07, 6.45) is 1.52. The molecule has 0 nitrogen and oxygen atoms in total. The van der Waals surface area contributed by atoms with E-state index in [4.69, 9.17) is 11.6 Å². The van der Waals surface area contributed by atoms with Crippen LogP contribution in [-0.2, 0) is 6.42 Å². The largest absolute Gasteiger partial charge is 0.207 e. The number of halogens is 2. The van der Waals surface area contributed by atoms with Gasteiger partial charge in [0.25, 0.3) is 0 Å². The van der Waals surface area contributed by atoms with Crippen LogP contribution in [0.25, 0.3) is 0 Å². The summed E-state index contributed by atoms with van der Waals surface area (Å²) in [7, 11) is 0. The van der Waals surface area contributed by atoms with E-state index in [1.54, 1.807) is 6.07 Å². The van der Waals surface area contributed by atoms with Crippen molar-refractivity contribution in [1.29, 1.82) is 0 Å². The summed E-state index contributed by atoms with van der Waals surface area (Å²) < 4.78 is 13.5. The summed E-state index contributed by atoms with van der Waals surface area (Å²) in [5.74, 6) is 0.373. The smallest absolute Gasteiger partial charge is 0.126 e. The van der Waals surface area contributed by atoms with Crippen molar-refractivity contribution in [2.75, 3.05) is 0 Å². The van der Waals surface area contributed by atoms with E-state index >= 15 is 0 Å². The first-order valence-electron chi connectivity index (χ1n) is 6.18. The molecule has 1 rings (SSSR count). The van der Waals surface area contributed by atoms with Crippen LogP contribution >= 0.6 is 11.6 Å². The number of rotatable bonds is 4. The zero-order valence-corrected chi connectivity index (χ0v) is 11.9. The Hall–Kier alpha value is -0.560. The first kappa shape index (κ1) is 14.5. The van der Waals surface area contributed by atoms with E-state index < -0.39 is 0 Å². The Morgan fingerprint density at radius 1 is 1.24 bits per heavy atom. The summed E-state index contributed by atoms with van der Waals surface area (Å²) in [4.78, 5) is 0. The van der Waals surface area contributed by atoms with Gasteiger partial charge in [-0.3, -0.25) is 0 Å². The SMILES string of the molecule is CC(CC(Cl)Cc1ccccc1F)C(C)(C)C. The molecule has 2 unspecified atom stereocenters. The first-order chi connectivity index (χ1) is 7.80. The molecule has 0 saturated carbocycles. The van der Waals surface area contributed by atoms with Crippen LogP contribution in [0.3, 0.4) is 0 Å². The summed E-state index contributed by atoms with van der Waals surface area (Å²) in [5, 5.41) is 0.00104. The topological polar surface area (TPSA) is 0 Å². The molecule has 0 aliphatic rings. The van der Waals surface area contributed by atoms with E-state index in [-0.39, 0.29) is 16.6 Å². The lowest BCUT2D eigenvalue weighted by Gasteiger charge is -2.29. The molecular formula is C15H22ClF. The predicted octanol–water partition coefficient (Wildman–Crippen LogP) is 5.05. The van der Waals surface area contributed by atoms with Crippen LogP contribution in [0.1, 0.15) is 39.7 Å². The Balaban J connectivity index is 2.56. The maximum absolute atomic E-state index is 13.5. The van der Waals surface area contributed by atoms with Crippen LogP contribution in [0, 0.1) is 17.2 Å². The Morgan fingerprint density at radius 3 is 2.35 bits per heavy atom. The average molecular weight is 257 g/mol. The molecule has 2 heteroatoms. The van der Waals surface area contributed by atoms with Gasteiger partial charge in [0.1, 0.15) is 5.82 Å². The van der Waals surface area contributed by atoms with Crippen molar-refractivity contribution in [1.82, 2.24) is 0 Å². The molecule has 0 fully saturated rings. The molecule has 2 atom stereocenters. The Labute approximate surface area is 109 Å². The maximum Gasteiger partial charge on any atom is 0.126 e. The van der Waals surface area contributed by atoms with Crippen LogP contribution in [0.2, 0.25) is 0 Å². The molecule has 0 saturated heterocycles. The second-order valence-electron chi connectivity index (χ2n) is 5.90. The fourth-order valence-corrected chi connectivity index (χ4v) is 2.16. The molecule has 0 bridgehead atoms.